The van der Waals surface area contributed by atoms with E-state index in [2.05, 4.69) is 0 Å². The Balaban J connectivity index is 2.96. The molecule has 0 saturated carbocycles. The largest absolute Gasteiger partial charge is 0.299 e. The molecule has 2 heteroatoms. The van der Waals surface area contributed by atoms with Gasteiger partial charge in [0, 0.05) is 12.0 Å². The molecule has 0 atom stereocenters. The minimum Gasteiger partial charge on any atom is -0.299 e. The summed E-state index contributed by atoms with van der Waals surface area (Å²) in [4.78, 5) is 23.0. The van der Waals surface area contributed by atoms with E-state index in [0.29, 0.717) is 12.0 Å². The van der Waals surface area contributed by atoms with Crippen molar-refractivity contribution in [1.29, 1.82) is 0 Å². The molecule has 0 fully saturated rings. The molecule has 0 amide bonds. The Bertz CT molecular complexity index is 371. The Morgan fingerprint density at radius 3 is 2.13 bits per heavy atom. The molecule has 0 aromatic heterocycles. The Kier molecular flexibility index (Phi) is 3.78. The van der Waals surface area contributed by atoms with E-state index in [1.54, 1.807) is 6.92 Å². The molecule has 0 aliphatic heterocycles. The van der Waals surface area contributed by atoms with E-state index in [4.69, 9.17) is 0 Å². The fourth-order valence-corrected chi connectivity index (χ4v) is 1.65. The Labute approximate surface area is 90.3 Å². The van der Waals surface area contributed by atoms with Crippen molar-refractivity contribution >= 4 is 11.6 Å². The van der Waals surface area contributed by atoms with Crippen molar-refractivity contribution in [2.75, 3.05) is 0 Å². The van der Waals surface area contributed by atoms with Crippen LogP contribution >= 0.6 is 0 Å². The fraction of sp³-hybridized carbons (Fsp3) is 0.385. The smallest absolute Gasteiger partial charge is 0.170 e. The van der Waals surface area contributed by atoms with Crippen LogP contribution in [-0.4, -0.2) is 11.6 Å². The molecule has 1 aromatic rings. The van der Waals surface area contributed by atoms with E-state index in [1.165, 1.54) is 0 Å². The van der Waals surface area contributed by atoms with Crippen LogP contribution in [0.25, 0.3) is 0 Å². The van der Waals surface area contributed by atoms with Crippen molar-refractivity contribution < 1.29 is 9.59 Å². The lowest BCUT2D eigenvalue weighted by molar-refractivity contribution is -0.117. The highest BCUT2D eigenvalue weighted by molar-refractivity contribution is 6.09. The van der Waals surface area contributed by atoms with Crippen molar-refractivity contribution in [3.05, 3.63) is 34.9 Å². The van der Waals surface area contributed by atoms with Crippen LogP contribution in [-0.2, 0) is 4.79 Å². The molecule has 0 heterocycles. The van der Waals surface area contributed by atoms with Gasteiger partial charge in [0.2, 0.25) is 0 Å². The highest BCUT2D eigenvalue weighted by Gasteiger charge is 2.14. The Morgan fingerprint density at radius 1 is 1.13 bits per heavy atom. The van der Waals surface area contributed by atoms with Gasteiger partial charge in [0.15, 0.2) is 5.78 Å². The molecule has 0 saturated heterocycles. The second-order valence-corrected chi connectivity index (χ2v) is 3.76. The SMILES string of the molecule is CCC(=O)CC(=O)c1c(C)cccc1C. The van der Waals surface area contributed by atoms with Crippen molar-refractivity contribution in [2.24, 2.45) is 0 Å². The summed E-state index contributed by atoms with van der Waals surface area (Å²) in [6.07, 6.45) is 0.457. The molecule has 1 rings (SSSR count). The van der Waals surface area contributed by atoms with Crippen molar-refractivity contribution in [1.82, 2.24) is 0 Å². The maximum absolute atomic E-state index is 11.8. The molecule has 0 radical (unpaired) electrons. The zero-order valence-corrected chi connectivity index (χ0v) is 9.46. The molecule has 2 nitrogen and oxygen atoms in total. The average molecular weight is 204 g/mol. The Morgan fingerprint density at radius 2 is 1.67 bits per heavy atom. The van der Waals surface area contributed by atoms with Gasteiger partial charge in [0.25, 0.3) is 0 Å². The van der Waals surface area contributed by atoms with E-state index in [0.717, 1.165) is 11.1 Å². The Hall–Kier alpha value is -1.44. The number of benzene rings is 1. The molecule has 0 spiro atoms. The molecule has 80 valence electrons. The number of Topliss-reactive ketones (excluding diaryl/α,β-unsaturated/α-hetero) is 2. The third kappa shape index (κ3) is 2.75. The predicted octanol–water partition coefficient (Wildman–Crippen LogP) is 2.86. The van der Waals surface area contributed by atoms with Crippen LogP contribution in [0.1, 0.15) is 41.3 Å². The standard InChI is InChI=1S/C13H16O2/c1-4-11(14)8-12(15)13-9(2)6-5-7-10(13)3/h5-7H,4,8H2,1-3H3. The van der Waals surface area contributed by atoms with Crippen molar-refractivity contribution in [3.63, 3.8) is 0 Å². The van der Waals surface area contributed by atoms with E-state index < -0.39 is 0 Å². The predicted molar refractivity (Wildman–Crippen MR) is 60.2 cm³/mol. The third-order valence-electron chi connectivity index (χ3n) is 2.51. The second-order valence-electron chi connectivity index (χ2n) is 3.76. The van der Waals surface area contributed by atoms with Gasteiger partial charge in [0.1, 0.15) is 5.78 Å². The summed E-state index contributed by atoms with van der Waals surface area (Å²) in [6.45, 7) is 5.58. The minimum atomic E-state index is -0.0579. The van der Waals surface area contributed by atoms with Crippen LogP contribution in [0.4, 0.5) is 0 Å². The molecule has 15 heavy (non-hydrogen) atoms. The molecular weight excluding hydrogens is 188 g/mol. The van der Waals surface area contributed by atoms with E-state index >= 15 is 0 Å². The van der Waals surface area contributed by atoms with Gasteiger partial charge >= 0.3 is 0 Å². The van der Waals surface area contributed by atoms with E-state index in [9.17, 15) is 9.59 Å². The van der Waals surface area contributed by atoms with Gasteiger partial charge in [-0.3, -0.25) is 9.59 Å². The maximum Gasteiger partial charge on any atom is 0.170 e. The molecule has 1 aromatic carbocycles. The summed E-state index contributed by atoms with van der Waals surface area (Å²) in [7, 11) is 0. The normalized spacial score (nSPS) is 10.1. The number of carbonyl (C=O) groups is 2. The summed E-state index contributed by atoms with van der Waals surface area (Å²) in [5.41, 5.74) is 2.60. The summed E-state index contributed by atoms with van der Waals surface area (Å²) in [5, 5.41) is 0. The number of ketones is 2. The lowest BCUT2D eigenvalue weighted by Gasteiger charge is -2.07. The molecular formula is C13H16O2. The molecule has 0 aliphatic rings. The van der Waals surface area contributed by atoms with Gasteiger partial charge in [-0.25, -0.2) is 0 Å². The second kappa shape index (κ2) is 4.87. The first-order valence-electron chi connectivity index (χ1n) is 5.17. The third-order valence-corrected chi connectivity index (χ3v) is 2.51. The molecule has 0 N–H and O–H groups in total. The van der Waals surface area contributed by atoms with Crippen LogP contribution in [0.15, 0.2) is 18.2 Å². The summed E-state index contributed by atoms with van der Waals surface area (Å²) in [5.74, 6) is -0.0555. The molecule has 0 unspecified atom stereocenters. The first-order chi connectivity index (χ1) is 7.06. The van der Waals surface area contributed by atoms with Crippen LogP contribution in [0.2, 0.25) is 0 Å². The van der Waals surface area contributed by atoms with Gasteiger partial charge in [-0.2, -0.15) is 0 Å². The number of aryl methyl sites for hydroxylation is 2. The highest BCUT2D eigenvalue weighted by atomic mass is 16.1. The van der Waals surface area contributed by atoms with Crippen LogP contribution in [0, 0.1) is 13.8 Å². The first kappa shape index (κ1) is 11.6. The highest BCUT2D eigenvalue weighted by Crippen LogP contribution is 2.15. The maximum atomic E-state index is 11.8. The molecule has 0 bridgehead atoms. The number of hydrogen-bond acceptors (Lipinski definition) is 2. The zero-order valence-electron chi connectivity index (χ0n) is 9.46. The average Bonchev–Trinajstić information content (AvgIpc) is 2.17. The topological polar surface area (TPSA) is 34.1 Å². The van der Waals surface area contributed by atoms with Crippen LogP contribution in [0.3, 0.4) is 0 Å². The van der Waals surface area contributed by atoms with E-state index in [1.807, 2.05) is 32.0 Å². The van der Waals surface area contributed by atoms with Gasteiger partial charge < -0.3 is 0 Å². The van der Waals surface area contributed by atoms with E-state index in [-0.39, 0.29) is 18.0 Å². The zero-order chi connectivity index (χ0) is 11.4. The lowest BCUT2D eigenvalue weighted by atomic mass is 9.96. The summed E-state index contributed by atoms with van der Waals surface area (Å²) < 4.78 is 0. The van der Waals surface area contributed by atoms with Gasteiger partial charge in [-0.05, 0) is 25.0 Å². The number of rotatable bonds is 4. The quantitative estimate of drug-likeness (QED) is 0.558. The monoisotopic (exact) mass is 204 g/mol. The van der Waals surface area contributed by atoms with Gasteiger partial charge in [-0.15, -0.1) is 0 Å². The van der Waals surface area contributed by atoms with Crippen LogP contribution < -0.4 is 0 Å². The molecule has 0 aliphatic carbocycles. The van der Waals surface area contributed by atoms with Crippen LogP contribution in [0.5, 0.6) is 0 Å². The number of carbonyl (C=O) groups excluding carboxylic acids is 2. The summed E-state index contributed by atoms with van der Waals surface area (Å²) >= 11 is 0. The van der Waals surface area contributed by atoms with Gasteiger partial charge in [-0.1, -0.05) is 25.1 Å². The summed E-state index contributed by atoms with van der Waals surface area (Å²) in [6, 6.07) is 5.72. The van der Waals surface area contributed by atoms with Crippen molar-refractivity contribution in [2.45, 2.75) is 33.6 Å². The van der Waals surface area contributed by atoms with Crippen molar-refractivity contribution in [3.8, 4) is 0 Å². The first-order valence-corrected chi connectivity index (χ1v) is 5.17. The minimum absolute atomic E-state index is 0.00246. The number of hydrogen-bond donors (Lipinski definition) is 0. The lowest BCUT2D eigenvalue weighted by Crippen LogP contribution is -2.10. The van der Waals surface area contributed by atoms with Gasteiger partial charge in [0.05, 0.1) is 6.42 Å². The fourth-order valence-electron chi connectivity index (χ4n) is 1.65.